The van der Waals surface area contributed by atoms with Crippen LogP contribution in [0.1, 0.15) is 24.8 Å². The summed E-state index contributed by atoms with van der Waals surface area (Å²) in [6.45, 7) is 6.21. The Kier molecular flexibility index (Phi) is 9.94. The van der Waals surface area contributed by atoms with Crippen LogP contribution in [-0.2, 0) is 24.5 Å². The smallest absolute Gasteiger partial charge is 0.161 e. The van der Waals surface area contributed by atoms with Crippen molar-refractivity contribution in [3.8, 4) is 11.5 Å². The van der Waals surface area contributed by atoms with Gasteiger partial charge in [0, 0.05) is 20.1 Å². The van der Waals surface area contributed by atoms with Gasteiger partial charge >= 0.3 is 0 Å². The van der Waals surface area contributed by atoms with E-state index in [0.29, 0.717) is 50.8 Å². The summed E-state index contributed by atoms with van der Waals surface area (Å²) in [5.74, 6) is 2.14. The van der Waals surface area contributed by atoms with E-state index in [0.717, 1.165) is 23.3 Å². The van der Waals surface area contributed by atoms with Crippen molar-refractivity contribution in [1.82, 2.24) is 0 Å². The molecule has 0 bridgehead atoms. The first-order valence-corrected chi connectivity index (χ1v) is 10.1. The van der Waals surface area contributed by atoms with Gasteiger partial charge in [-0.1, -0.05) is 24.8 Å². The minimum absolute atomic E-state index is 0.445. The molecule has 0 spiro atoms. The van der Waals surface area contributed by atoms with E-state index in [1.165, 1.54) is 0 Å². The highest BCUT2D eigenvalue weighted by atomic mass is 16.6. The average molecular weight is 419 g/mol. The molecule has 0 aliphatic carbocycles. The SMILES string of the molecule is C=C/C(=C\C/C=C(\COC)OC)CC1(c2ccc(OC)c(OC)c2)COCCCO1. The van der Waals surface area contributed by atoms with Gasteiger partial charge in [0.2, 0.25) is 0 Å². The van der Waals surface area contributed by atoms with Crippen LogP contribution in [0.3, 0.4) is 0 Å². The van der Waals surface area contributed by atoms with Gasteiger partial charge < -0.3 is 28.4 Å². The van der Waals surface area contributed by atoms with Gasteiger partial charge in [-0.25, -0.2) is 0 Å². The molecule has 1 aliphatic heterocycles. The Labute approximate surface area is 180 Å². The van der Waals surface area contributed by atoms with E-state index in [9.17, 15) is 0 Å². The maximum atomic E-state index is 6.40. The molecule has 6 heteroatoms. The molecule has 1 aromatic carbocycles. The summed E-state index contributed by atoms with van der Waals surface area (Å²) >= 11 is 0. The Morgan fingerprint density at radius 3 is 2.57 bits per heavy atom. The standard InChI is InChI=1S/C24H34O6/c1-6-19(9-7-10-21(26-3)17-25-2)16-24(18-29-13-8-14-30-24)20-11-12-22(27-4)23(15-20)28-5/h6,9-12,15H,1,7-8,13-14,16-18H2,2-5H3/b19-9+,21-10+. The minimum Gasteiger partial charge on any atom is -0.499 e. The molecule has 0 radical (unpaired) electrons. The third-order valence-electron chi connectivity index (χ3n) is 5.08. The van der Waals surface area contributed by atoms with Crippen LogP contribution in [0.4, 0.5) is 0 Å². The number of allylic oxidation sites excluding steroid dienone is 3. The van der Waals surface area contributed by atoms with E-state index in [2.05, 4.69) is 12.7 Å². The molecule has 30 heavy (non-hydrogen) atoms. The zero-order valence-corrected chi connectivity index (χ0v) is 18.6. The highest BCUT2D eigenvalue weighted by Gasteiger charge is 2.36. The zero-order chi connectivity index (χ0) is 21.8. The maximum Gasteiger partial charge on any atom is 0.161 e. The largest absolute Gasteiger partial charge is 0.499 e. The summed E-state index contributed by atoms with van der Waals surface area (Å²) < 4.78 is 33.7. The molecule has 1 atom stereocenters. The lowest BCUT2D eigenvalue weighted by molar-refractivity contribution is -0.0730. The molecule has 1 aliphatic rings. The summed E-state index contributed by atoms with van der Waals surface area (Å²) in [7, 11) is 6.55. The number of benzene rings is 1. The van der Waals surface area contributed by atoms with Gasteiger partial charge in [0.25, 0.3) is 0 Å². The second kappa shape index (κ2) is 12.4. The molecule has 2 rings (SSSR count). The zero-order valence-electron chi connectivity index (χ0n) is 18.6. The van der Waals surface area contributed by atoms with Gasteiger partial charge in [0.1, 0.15) is 18.0 Å². The van der Waals surface area contributed by atoms with Crippen LogP contribution in [0.2, 0.25) is 0 Å². The Bertz CT molecular complexity index is 729. The Morgan fingerprint density at radius 2 is 1.90 bits per heavy atom. The minimum atomic E-state index is -0.629. The van der Waals surface area contributed by atoms with Gasteiger partial charge in [-0.05, 0) is 42.2 Å². The van der Waals surface area contributed by atoms with Crippen molar-refractivity contribution in [3.05, 3.63) is 59.9 Å². The van der Waals surface area contributed by atoms with Crippen molar-refractivity contribution in [3.63, 3.8) is 0 Å². The molecule has 1 heterocycles. The van der Waals surface area contributed by atoms with E-state index in [1.807, 2.05) is 30.4 Å². The first-order valence-electron chi connectivity index (χ1n) is 10.1. The normalized spacial score (nSPS) is 20.4. The van der Waals surface area contributed by atoms with Crippen molar-refractivity contribution >= 4 is 0 Å². The van der Waals surface area contributed by atoms with Crippen LogP contribution in [0.25, 0.3) is 0 Å². The van der Waals surface area contributed by atoms with E-state index in [-0.39, 0.29) is 0 Å². The molecule has 0 aromatic heterocycles. The molecule has 0 N–H and O–H groups in total. The van der Waals surface area contributed by atoms with Gasteiger partial charge in [0.05, 0.1) is 34.5 Å². The summed E-state index contributed by atoms with van der Waals surface area (Å²) in [5.41, 5.74) is 1.43. The van der Waals surface area contributed by atoms with Crippen LogP contribution in [0.15, 0.2) is 54.3 Å². The number of hydrogen-bond donors (Lipinski definition) is 0. The van der Waals surface area contributed by atoms with Crippen LogP contribution in [0.5, 0.6) is 11.5 Å². The lowest BCUT2D eigenvalue weighted by Gasteiger charge is -2.33. The van der Waals surface area contributed by atoms with Crippen LogP contribution >= 0.6 is 0 Å². The maximum absolute atomic E-state index is 6.40. The molecule has 166 valence electrons. The molecule has 1 unspecified atom stereocenters. The van der Waals surface area contributed by atoms with Gasteiger partial charge in [-0.2, -0.15) is 0 Å². The van der Waals surface area contributed by atoms with Gasteiger partial charge in [-0.15, -0.1) is 0 Å². The fourth-order valence-electron chi connectivity index (χ4n) is 3.44. The Morgan fingerprint density at radius 1 is 1.10 bits per heavy atom. The van der Waals surface area contributed by atoms with E-state index < -0.39 is 5.60 Å². The third kappa shape index (κ3) is 6.36. The molecule has 1 aromatic rings. The fraction of sp³-hybridized carbons (Fsp3) is 0.500. The van der Waals surface area contributed by atoms with Crippen molar-refractivity contribution in [2.45, 2.75) is 24.9 Å². The highest BCUT2D eigenvalue weighted by Crippen LogP contribution is 2.39. The molecular weight excluding hydrogens is 384 g/mol. The highest BCUT2D eigenvalue weighted by molar-refractivity contribution is 5.45. The molecule has 1 fully saturated rings. The number of ether oxygens (including phenoxy) is 6. The van der Waals surface area contributed by atoms with Crippen LogP contribution < -0.4 is 9.47 Å². The number of methoxy groups -OCH3 is 4. The van der Waals surface area contributed by atoms with E-state index in [4.69, 9.17) is 28.4 Å². The van der Waals surface area contributed by atoms with Crippen molar-refractivity contribution in [2.24, 2.45) is 0 Å². The first kappa shape index (κ1) is 24.0. The number of rotatable bonds is 11. The topological polar surface area (TPSA) is 55.4 Å². The summed E-state index contributed by atoms with van der Waals surface area (Å²) in [6, 6.07) is 5.88. The van der Waals surface area contributed by atoms with Crippen LogP contribution in [0, 0.1) is 0 Å². The summed E-state index contributed by atoms with van der Waals surface area (Å²) in [4.78, 5) is 0. The first-order chi connectivity index (χ1) is 14.6. The van der Waals surface area contributed by atoms with Crippen molar-refractivity contribution in [1.29, 1.82) is 0 Å². The second-order valence-corrected chi connectivity index (χ2v) is 7.02. The molecule has 6 nitrogen and oxygen atoms in total. The summed E-state index contributed by atoms with van der Waals surface area (Å²) in [6.07, 6.45) is 8.19. The van der Waals surface area contributed by atoms with E-state index >= 15 is 0 Å². The Hall–Kier alpha value is -2.28. The Balaban J connectivity index is 2.33. The van der Waals surface area contributed by atoms with Crippen LogP contribution in [-0.4, -0.2) is 54.9 Å². The lowest BCUT2D eigenvalue weighted by Crippen LogP contribution is -2.34. The van der Waals surface area contributed by atoms with Crippen molar-refractivity contribution in [2.75, 3.05) is 54.9 Å². The van der Waals surface area contributed by atoms with Gasteiger partial charge in [0.15, 0.2) is 11.5 Å². The molecule has 1 saturated heterocycles. The number of hydrogen-bond acceptors (Lipinski definition) is 6. The van der Waals surface area contributed by atoms with Gasteiger partial charge in [-0.3, -0.25) is 0 Å². The second-order valence-electron chi connectivity index (χ2n) is 7.02. The predicted molar refractivity (Wildman–Crippen MR) is 117 cm³/mol. The molecular formula is C24H34O6. The average Bonchev–Trinajstić information content (AvgIpc) is 3.03. The monoisotopic (exact) mass is 418 g/mol. The van der Waals surface area contributed by atoms with Crippen molar-refractivity contribution < 1.29 is 28.4 Å². The molecule has 0 amide bonds. The van der Waals surface area contributed by atoms with E-state index in [1.54, 1.807) is 28.4 Å². The third-order valence-corrected chi connectivity index (χ3v) is 5.08. The molecule has 0 saturated carbocycles. The predicted octanol–water partition coefficient (Wildman–Crippen LogP) is 4.41. The quantitative estimate of drug-likeness (QED) is 0.392. The fourth-order valence-corrected chi connectivity index (χ4v) is 3.44. The summed E-state index contributed by atoms with van der Waals surface area (Å²) in [5, 5.41) is 0. The lowest BCUT2D eigenvalue weighted by atomic mass is 9.86.